The van der Waals surface area contributed by atoms with E-state index in [4.69, 9.17) is 20.4 Å². The predicted molar refractivity (Wildman–Crippen MR) is 54.6 cm³/mol. The highest BCUT2D eigenvalue weighted by molar-refractivity contribution is 5.97. The number of nitrogens with two attached hydrogens (primary N) is 1. The van der Waals surface area contributed by atoms with Crippen LogP contribution in [0.5, 0.6) is 11.5 Å². The van der Waals surface area contributed by atoms with Crippen molar-refractivity contribution < 1.29 is 14.7 Å². The molecule has 1 aromatic rings. The molecule has 1 aromatic carbocycles. The van der Waals surface area contributed by atoms with Crippen molar-refractivity contribution in [1.29, 1.82) is 0 Å². The van der Waals surface area contributed by atoms with E-state index < -0.39 is 0 Å². The van der Waals surface area contributed by atoms with E-state index in [2.05, 4.69) is 5.16 Å². The highest BCUT2D eigenvalue weighted by Gasteiger charge is 2.11. The van der Waals surface area contributed by atoms with Crippen LogP contribution in [0, 0.1) is 0 Å². The maximum absolute atomic E-state index is 8.54. The topological polar surface area (TPSA) is 77.1 Å². The lowest BCUT2D eigenvalue weighted by molar-refractivity contribution is 0.297. The summed E-state index contributed by atoms with van der Waals surface area (Å²) >= 11 is 0. The Bertz CT molecular complexity index is 390. The molecule has 0 aromatic heterocycles. The van der Waals surface area contributed by atoms with E-state index in [1.165, 1.54) is 0 Å². The van der Waals surface area contributed by atoms with Gasteiger partial charge in [0, 0.05) is 12.0 Å². The number of amidine groups is 1. The Balaban J connectivity index is 2.36. The normalized spacial score (nSPS) is 15.9. The first-order chi connectivity index (χ1) is 7.31. The van der Waals surface area contributed by atoms with Gasteiger partial charge in [0.25, 0.3) is 0 Å². The van der Waals surface area contributed by atoms with E-state index in [0.717, 1.165) is 6.42 Å². The zero-order valence-corrected chi connectivity index (χ0v) is 8.14. The molecule has 1 heterocycles. The van der Waals surface area contributed by atoms with E-state index in [1.807, 2.05) is 0 Å². The quantitative estimate of drug-likeness (QED) is 0.311. The molecule has 0 aliphatic carbocycles. The van der Waals surface area contributed by atoms with Crippen LogP contribution in [0.2, 0.25) is 0 Å². The Morgan fingerprint density at radius 2 is 2.00 bits per heavy atom. The van der Waals surface area contributed by atoms with Gasteiger partial charge in [0.2, 0.25) is 0 Å². The number of rotatable bonds is 1. The van der Waals surface area contributed by atoms with E-state index in [0.29, 0.717) is 30.3 Å². The fourth-order valence-corrected chi connectivity index (χ4v) is 1.38. The van der Waals surface area contributed by atoms with Gasteiger partial charge in [-0.05, 0) is 18.2 Å². The lowest BCUT2D eigenvalue weighted by Gasteiger charge is -2.08. The number of nitrogens with zero attached hydrogens (tertiary/aromatic N) is 1. The maximum Gasteiger partial charge on any atom is 0.170 e. The molecule has 0 amide bonds. The lowest BCUT2D eigenvalue weighted by Crippen LogP contribution is -2.13. The molecular formula is C10H12N2O3. The van der Waals surface area contributed by atoms with Crippen LogP contribution in [-0.4, -0.2) is 24.3 Å². The van der Waals surface area contributed by atoms with Crippen LogP contribution in [0.4, 0.5) is 0 Å². The Labute approximate surface area is 87.1 Å². The van der Waals surface area contributed by atoms with Crippen LogP contribution in [0.15, 0.2) is 23.4 Å². The first-order valence-corrected chi connectivity index (χ1v) is 4.69. The molecule has 15 heavy (non-hydrogen) atoms. The minimum Gasteiger partial charge on any atom is -0.490 e. The van der Waals surface area contributed by atoms with Gasteiger partial charge in [-0.25, -0.2) is 0 Å². The third-order valence-corrected chi connectivity index (χ3v) is 2.15. The Morgan fingerprint density at radius 3 is 2.73 bits per heavy atom. The second-order valence-corrected chi connectivity index (χ2v) is 3.20. The molecular weight excluding hydrogens is 196 g/mol. The Morgan fingerprint density at radius 1 is 1.27 bits per heavy atom. The van der Waals surface area contributed by atoms with Gasteiger partial charge in [0.1, 0.15) is 0 Å². The van der Waals surface area contributed by atoms with Gasteiger partial charge in [0.05, 0.1) is 13.2 Å². The molecule has 5 nitrogen and oxygen atoms in total. The number of ether oxygens (including phenoxy) is 2. The summed E-state index contributed by atoms with van der Waals surface area (Å²) in [4.78, 5) is 0. The van der Waals surface area contributed by atoms with Crippen LogP contribution >= 0.6 is 0 Å². The van der Waals surface area contributed by atoms with Crippen molar-refractivity contribution in [3.63, 3.8) is 0 Å². The number of hydrogen-bond acceptors (Lipinski definition) is 4. The molecule has 0 fully saturated rings. The molecule has 0 bridgehead atoms. The van der Waals surface area contributed by atoms with Crippen LogP contribution in [0.25, 0.3) is 0 Å². The number of benzene rings is 1. The van der Waals surface area contributed by atoms with Crippen LogP contribution in [0.3, 0.4) is 0 Å². The average Bonchev–Trinajstić information content (AvgIpc) is 2.51. The number of oxime groups is 1. The van der Waals surface area contributed by atoms with Crippen LogP contribution < -0.4 is 15.2 Å². The first kappa shape index (κ1) is 9.64. The SMILES string of the molecule is N/C(=N\O)c1ccc2c(c1)OCCCO2. The van der Waals surface area contributed by atoms with Crippen molar-refractivity contribution in [3.8, 4) is 11.5 Å². The van der Waals surface area contributed by atoms with Crippen molar-refractivity contribution in [2.75, 3.05) is 13.2 Å². The molecule has 0 saturated carbocycles. The summed E-state index contributed by atoms with van der Waals surface area (Å²) in [7, 11) is 0. The van der Waals surface area contributed by atoms with E-state index in [1.54, 1.807) is 18.2 Å². The van der Waals surface area contributed by atoms with Gasteiger partial charge < -0.3 is 20.4 Å². The van der Waals surface area contributed by atoms with Gasteiger partial charge in [0.15, 0.2) is 17.3 Å². The second kappa shape index (κ2) is 4.08. The summed E-state index contributed by atoms with van der Waals surface area (Å²) in [5.74, 6) is 1.39. The smallest absolute Gasteiger partial charge is 0.170 e. The molecule has 2 rings (SSSR count). The van der Waals surface area contributed by atoms with Crippen molar-refractivity contribution in [2.24, 2.45) is 10.9 Å². The Hall–Kier alpha value is -1.91. The lowest BCUT2D eigenvalue weighted by atomic mass is 10.2. The van der Waals surface area contributed by atoms with Gasteiger partial charge in [-0.3, -0.25) is 0 Å². The van der Waals surface area contributed by atoms with Crippen molar-refractivity contribution in [1.82, 2.24) is 0 Å². The standard InChI is InChI=1S/C10H12N2O3/c11-10(12-13)7-2-3-8-9(6-7)15-5-1-4-14-8/h2-3,6,13H,1,4-5H2,(H2,11,12). The molecule has 0 radical (unpaired) electrons. The van der Waals surface area contributed by atoms with Crippen molar-refractivity contribution in [3.05, 3.63) is 23.8 Å². The molecule has 5 heteroatoms. The van der Waals surface area contributed by atoms with Crippen molar-refractivity contribution >= 4 is 5.84 Å². The summed E-state index contributed by atoms with van der Waals surface area (Å²) in [6.45, 7) is 1.27. The van der Waals surface area contributed by atoms with Gasteiger partial charge in [-0.15, -0.1) is 0 Å². The van der Waals surface area contributed by atoms with Crippen LogP contribution in [-0.2, 0) is 0 Å². The maximum atomic E-state index is 8.54. The predicted octanol–water partition coefficient (Wildman–Crippen LogP) is 0.942. The molecule has 0 atom stereocenters. The average molecular weight is 208 g/mol. The number of hydrogen-bond donors (Lipinski definition) is 2. The zero-order chi connectivity index (χ0) is 10.7. The van der Waals surface area contributed by atoms with Crippen molar-refractivity contribution in [2.45, 2.75) is 6.42 Å². The summed E-state index contributed by atoms with van der Waals surface area (Å²) in [6.07, 6.45) is 0.855. The minimum absolute atomic E-state index is 0.0608. The van der Waals surface area contributed by atoms with Gasteiger partial charge in [-0.1, -0.05) is 5.16 Å². The molecule has 1 aliphatic rings. The van der Waals surface area contributed by atoms with E-state index >= 15 is 0 Å². The molecule has 0 spiro atoms. The third kappa shape index (κ3) is 1.96. The summed E-state index contributed by atoms with van der Waals surface area (Å²) in [6, 6.07) is 5.19. The monoisotopic (exact) mass is 208 g/mol. The van der Waals surface area contributed by atoms with Gasteiger partial charge in [-0.2, -0.15) is 0 Å². The molecule has 0 unspecified atom stereocenters. The van der Waals surface area contributed by atoms with Gasteiger partial charge >= 0.3 is 0 Å². The largest absolute Gasteiger partial charge is 0.490 e. The summed E-state index contributed by atoms with van der Waals surface area (Å²) in [5, 5.41) is 11.5. The fourth-order valence-electron chi connectivity index (χ4n) is 1.38. The third-order valence-electron chi connectivity index (χ3n) is 2.15. The second-order valence-electron chi connectivity index (χ2n) is 3.20. The zero-order valence-electron chi connectivity index (χ0n) is 8.14. The van der Waals surface area contributed by atoms with Crippen LogP contribution in [0.1, 0.15) is 12.0 Å². The van der Waals surface area contributed by atoms with E-state index in [-0.39, 0.29) is 5.84 Å². The fraction of sp³-hybridized carbons (Fsp3) is 0.300. The minimum atomic E-state index is 0.0608. The molecule has 80 valence electrons. The highest BCUT2D eigenvalue weighted by Crippen LogP contribution is 2.30. The molecule has 1 aliphatic heterocycles. The first-order valence-electron chi connectivity index (χ1n) is 4.69. The summed E-state index contributed by atoms with van der Waals surface area (Å²) < 4.78 is 10.9. The summed E-state index contributed by atoms with van der Waals surface area (Å²) in [5.41, 5.74) is 6.08. The number of fused-ring (bicyclic) bond motifs is 1. The molecule has 3 N–H and O–H groups in total. The highest BCUT2D eigenvalue weighted by atomic mass is 16.5. The Kier molecular flexibility index (Phi) is 2.62. The molecule has 0 saturated heterocycles. The van der Waals surface area contributed by atoms with E-state index in [9.17, 15) is 0 Å².